The standard InChI is InChI=1S/C10H12BrNO2/c1-2-6-14-10(13)7-4-3-5-8(12)9(7)11/h3-5H,2,6,12H2,1H3. The monoisotopic (exact) mass is 257 g/mol. The lowest BCUT2D eigenvalue weighted by Gasteiger charge is -2.06. The first-order valence-corrected chi connectivity index (χ1v) is 5.17. The van der Waals surface area contributed by atoms with E-state index in [-0.39, 0.29) is 5.97 Å². The molecule has 0 unspecified atom stereocenters. The number of anilines is 1. The van der Waals surface area contributed by atoms with Gasteiger partial charge in [0.1, 0.15) is 0 Å². The normalized spacial score (nSPS) is 9.86. The summed E-state index contributed by atoms with van der Waals surface area (Å²) in [6.45, 7) is 2.38. The number of carbonyl (C=O) groups excluding carboxylic acids is 1. The fourth-order valence-corrected chi connectivity index (χ4v) is 1.41. The molecule has 0 saturated heterocycles. The molecule has 0 aromatic heterocycles. The highest BCUT2D eigenvalue weighted by molar-refractivity contribution is 9.10. The molecule has 0 radical (unpaired) electrons. The fraction of sp³-hybridized carbons (Fsp3) is 0.300. The number of ether oxygens (including phenoxy) is 1. The molecule has 1 aromatic carbocycles. The van der Waals surface area contributed by atoms with Gasteiger partial charge in [-0.05, 0) is 34.5 Å². The van der Waals surface area contributed by atoms with Crippen LogP contribution in [0.3, 0.4) is 0 Å². The Hall–Kier alpha value is -1.03. The summed E-state index contributed by atoms with van der Waals surface area (Å²) in [4.78, 5) is 11.5. The minimum absolute atomic E-state index is 0.342. The maximum atomic E-state index is 11.5. The van der Waals surface area contributed by atoms with E-state index in [1.807, 2.05) is 6.92 Å². The van der Waals surface area contributed by atoms with Crippen molar-refractivity contribution in [3.8, 4) is 0 Å². The topological polar surface area (TPSA) is 52.3 Å². The van der Waals surface area contributed by atoms with Crippen LogP contribution in [0.25, 0.3) is 0 Å². The molecule has 1 rings (SSSR count). The van der Waals surface area contributed by atoms with E-state index < -0.39 is 0 Å². The van der Waals surface area contributed by atoms with Gasteiger partial charge in [-0.2, -0.15) is 0 Å². The summed E-state index contributed by atoms with van der Waals surface area (Å²) in [5.41, 5.74) is 6.64. The maximum Gasteiger partial charge on any atom is 0.339 e. The number of nitrogens with two attached hydrogens (primary N) is 1. The summed E-state index contributed by atoms with van der Waals surface area (Å²) in [6, 6.07) is 5.13. The molecule has 0 amide bonds. The summed E-state index contributed by atoms with van der Waals surface area (Å²) < 4.78 is 5.59. The molecule has 0 fully saturated rings. The predicted molar refractivity (Wildman–Crippen MR) is 59.1 cm³/mol. The molecule has 1 aromatic rings. The van der Waals surface area contributed by atoms with Crippen LogP contribution >= 0.6 is 15.9 Å². The average Bonchev–Trinajstić information content (AvgIpc) is 2.18. The van der Waals surface area contributed by atoms with Gasteiger partial charge in [0.05, 0.1) is 16.6 Å². The van der Waals surface area contributed by atoms with Crippen molar-refractivity contribution in [1.82, 2.24) is 0 Å². The predicted octanol–water partition coefficient (Wildman–Crippen LogP) is 2.60. The Labute approximate surface area is 91.4 Å². The number of benzene rings is 1. The molecule has 0 atom stereocenters. The van der Waals surface area contributed by atoms with E-state index >= 15 is 0 Å². The zero-order valence-corrected chi connectivity index (χ0v) is 9.50. The van der Waals surface area contributed by atoms with Gasteiger partial charge in [0.2, 0.25) is 0 Å². The Morgan fingerprint density at radius 1 is 1.57 bits per heavy atom. The number of halogens is 1. The first-order valence-electron chi connectivity index (χ1n) is 4.38. The Bertz CT molecular complexity index is 339. The number of esters is 1. The Kier molecular flexibility index (Phi) is 3.95. The third kappa shape index (κ3) is 2.48. The zero-order valence-electron chi connectivity index (χ0n) is 7.92. The van der Waals surface area contributed by atoms with Gasteiger partial charge in [-0.3, -0.25) is 0 Å². The number of hydrogen-bond acceptors (Lipinski definition) is 3. The molecule has 0 saturated carbocycles. The lowest BCUT2D eigenvalue weighted by atomic mass is 10.2. The summed E-state index contributed by atoms with van der Waals surface area (Å²) in [6.07, 6.45) is 0.811. The Morgan fingerprint density at radius 2 is 2.29 bits per heavy atom. The second kappa shape index (κ2) is 5.00. The van der Waals surface area contributed by atoms with Crippen LogP contribution in [0.2, 0.25) is 0 Å². The molecule has 76 valence electrons. The molecule has 0 aliphatic carbocycles. The van der Waals surface area contributed by atoms with Crippen LogP contribution < -0.4 is 5.73 Å². The highest BCUT2D eigenvalue weighted by atomic mass is 79.9. The number of hydrogen-bond donors (Lipinski definition) is 1. The molecule has 4 heteroatoms. The van der Waals surface area contributed by atoms with Crippen LogP contribution in [0.4, 0.5) is 5.69 Å². The summed E-state index contributed by atoms with van der Waals surface area (Å²) >= 11 is 3.25. The van der Waals surface area contributed by atoms with Gasteiger partial charge in [-0.15, -0.1) is 0 Å². The third-order valence-electron chi connectivity index (χ3n) is 1.69. The molecule has 14 heavy (non-hydrogen) atoms. The van der Waals surface area contributed by atoms with Gasteiger partial charge in [0.25, 0.3) is 0 Å². The SMILES string of the molecule is CCCOC(=O)c1cccc(N)c1Br. The molecule has 0 aliphatic heterocycles. The average molecular weight is 258 g/mol. The van der Waals surface area contributed by atoms with E-state index in [2.05, 4.69) is 15.9 Å². The van der Waals surface area contributed by atoms with Crippen LogP contribution in [0.15, 0.2) is 22.7 Å². The number of nitrogen functional groups attached to an aromatic ring is 1. The molecule has 3 nitrogen and oxygen atoms in total. The Morgan fingerprint density at radius 3 is 2.93 bits per heavy atom. The van der Waals surface area contributed by atoms with Gasteiger partial charge >= 0.3 is 5.97 Å². The van der Waals surface area contributed by atoms with Crippen molar-refractivity contribution in [3.05, 3.63) is 28.2 Å². The number of rotatable bonds is 3. The van der Waals surface area contributed by atoms with Crippen molar-refractivity contribution in [3.63, 3.8) is 0 Å². The van der Waals surface area contributed by atoms with Crippen LogP contribution in [0.1, 0.15) is 23.7 Å². The highest BCUT2D eigenvalue weighted by Crippen LogP contribution is 2.24. The lowest BCUT2D eigenvalue weighted by molar-refractivity contribution is 0.0504. The zero-order chi connectivity index (χ0) is 10.6. The first kappa shape index (κ1) is 11.0. The molecule has 0 spiro atoms. The van der Waals surface area contributed by atoms with Gasteiger partial charge < -0.3 is 10.5 Å². The molecular weight excluding hydrogens is 246 g/mol. The fourth-order valence-electron chi connectivity index (χ4n) is 0.980. The summed E-state index contributed by atoms with van der Waals surface area (Å²) in [5, 5.41) is 0. The van der Waals surface area contributed by atoms with Gasteiger partial charge in [0.15, 0.2) is 0 Å². The maximum absolute atomic E-state index is 11.5. The van der Waals surface area contributed by atoms with Crippen LogP contribution in [0.5, 0.6) is 0 Å². The summed E-state index contributed by atoms with van der Waals surface area (Å²) in [5.74, 6) is -0.342. The smallest absolute Gasteiger partial charge is 0.339 e. The van der Waals surface area contributed by atoms with Crippen molar-refractivity contribution in [1.29, 1.82) is 0 Å². The minimum Gasteiger partial charge on any atom is -0.462 e. The lowest BCUT2D eigenvalue weighted by Crippen LogP contribution is -2.07. The van der Waals surface area contributed by atoms with Crippen molar-refractivity contribution in [2.45, 2.75) is 13.3 Å². The van der Waals surface area contributed by atoms with Gasteiger partial charge in [-0.25, -0.2) is 4.79 Å². The second-order valence-corrected chi connectivity index (χ2v) is 3.64. The number of carbonyl (C=O) groups is 1. The quantitative estimate of drug-likeness (QED) is 0.669. The molecule has 0 bridgehead atoms. The van der Waals surface area contributed by atoms with E-state index in [1.165, 1.54) is 0 Å². The molecule has 2 N–H and O–H groups in total. The van der Waals surface area contributed by atoms with Crippen LogP contribution in [0, 0.1) is 0 Å². The Balaban J connectivity index is 2.84. The van der Waals surface area contributed by atoms with E-state index in [4.69, 9.17) is 10.5 Å². The molecule has 0 aliphatic rings. The van der Waals surface area contributed by atoms with E-state index in [1.54, 1.807) is 18.2 Å². The van der Waals surface area contributed by atoms with Crippen molar-refractivity contribution in [2.24, 2.45) is 0 Å². The van der Waals surface area contributed by atoms with Gasteiger partial charge in [0, 0.05) is 5.69 Å². The molecule has 0 heterocycles. The van der Waals surface area contributed by atoms with E-state index in [9.17, 15) is 4.79 Å². The second-order valence-electron chi connectivity index (χ2n) is 2.84. The van der Waals surface area contributed by atoms with E-state index in [0.717, 1.165) is 6.42 Å². The third-order valence-corrected chi connectivity index (χ3v) is 2.57. The summed E-state index contributed by atoms with van der Waals surface area (Å²) in [7, 11) is 0. The van der Waals surface area contributed by atoms with Crippen LogP contribution in [-0.2, 0) is 4.74 Å². The van der Waals surface area contributed by atoms with Crippen LogP contribution in [-0.4, -0.2) is 12.6 Å². The van der Waals surface area contributed by atoms with Crippen molar-refractivity contribution in [2.75, 3.05) is 12.3 Å². The minimum atomic E-state index is -0.342. The first-order chi connectivity index (χ1) is 6.66. The van der Waals surface area contributed by atoms with Crippen molar-refractivity contribution < 1.29 is 9.53 Å². The van der Waals surface area contributed by atoms with Gasteiger partial charge in [-0.1, -0.05) is 13.0 Å². The highest BCUT2D eigenvalue weighted by Gasteiger charge is 2.12. The van der Waals surface area contributed by atoms with E-state index in [0.29, 0.717) is 22.3 Å². The largest absolute Gasteiger partial charge is 0.462 e. The molecular formula is C10H12BrNO2. The van der Waals surface area contributed by atoms with Crippen molar-refractivity contribution >= 4 is 27.6 Å².